The fraction of sp³-hybridized carbons (Fsp3) is 0.526. The molecular weight excluding hydrogens is 362 g/mol. The number of pyridine rings is 1. The maximum absolute atomic E-state index is 12.8. The second kappa shape index (κ2) is 7.52. The standard InChI is InChI=1S/C19H25N5O2S/c1-2-18-20-12-15-8-11-23(14-17(15)22-18)19-7-6-16(13-21-19)27(25,26)24-9-4-3-5-10-24/h6-7,12-13H,2-5,8-11,14H2,1H3. The second-order valence-electron chi connectivity index (χ2n) is 7.10. The molecule has 0 unspecified atom stereocenters. The molecule has 2 aliphatic rings. The van der Waals surface area contributed by atoms with Crippen molar-refractivity contribution >= 4 is 15.8 Å². The number of nitrogens with zero attached hydrogens (tertiary/aromatic N) is 5. The minimum atomic E-state index is -3.44. The van der Waals surface area contributed by atoms with Crippen LogP contribution in [0.5, 0.6) is 0 Å². The zero-order valence-corrected chi connectivity index (χ0v) is 16.5. The van der Waals surface area contributed by atoms with Gasteiger partial charge in [-0.25, -0.2) is 23.4 Å². The molecule has 0 spiro atoms. The van der Waals surface area contributed by atoms with Gasteiger partial charge in [0, 0.05) is 38.4 Å². The second-order valence-corrected chi connectivity index (χ2v) is 9.04. The number of hydrogen-bond donors (Lipinski definition) is 0. The molecule has 0 amide bonds. The first-order valence-corrected chi connectivity index (χ1v) is 11.1. The minimum Gasteiger partial charge on any atom is -0.350 e. The van der Waals surface area contributed by atoms with Crippen LogP contribution in [0.2, 0.25) is 0 Å². The highest BCUT2D eigenvalue weighted by atomic mass is 32.2. The highest BCUT2D eigenvalue weighted by Crippen LogP contribution is 2.24. The van der Waals surface area contributed by atoms with Gasteiger partial charge >= 0.3 is 0 Å². The van der Waals surface area contributed by atoms with E-state index in [0.29, 0.717) is 19.6 Å². The third kappa shape index (κ3) is 3.68. The van der Waals surface area contributed by atoms with E-state index in [-0.39, 0.29) is 4.90 Å². The van der Waals surface area contributed by atoms with E-state index in [2.05, 4.69) is 19.9 Å². The van der Waals surface area contributed by atoms with E-state index in [4.69, 9.17) is 0 Å². The first-order chi connectivity index (χ1) is 13.1. The fourth-order valence-electron chi connectivity index (χ4n) is 3.68. The number of hydrogen-bond acceptors (Lipinski definition) is 6. The molecule has 0 aromatic carbocycles. The zero-order valence-electron chi connectivity index (χ0n) is 15.6. The van der Waals surface area contributed by atoms with Gasteiger partial charge < -0.3 is 4.90 Å². The Morgan fingerprint density at radius 3 is 2.56 bits per heavy atom. The molecule has 7 nitrogen and oxygen atoms in total. The normalized spacial score (nSPS) is 18.3. The average molecular weight is 388 g/mol. The molecule has 4 heterocycles. The zero-order chi connectivity index (χ0) is 18.9. The monoisotopic (exact) mass is 387 g/mol. The van der Waals surface area contributed by atoms with E-state index < -0.39 is 10.0 Å². The first kappa shape index (κ1) is 18.3. The van der Waals surface area contributed by atoms with Crippen LogP contribution in [0, 0.1) is 0 Å². The molecule has 1 fully saturated rings. The van der Waals surface area contributed by atoms with Crippen LogP contribution in [0.1, 0.15) is 43.3 Å². The molecule has 0 bridgehead atoms. The van der Waals surface area contributed by atoms with Gasteiger partial charge in [0.05, 0.1) is 12.2 Å². The lowest BCUT2D eigenvalue weighted by atomic mass is 10.1. The molecular formula is C19H25N5O2S. The number of anilines is 1. The summed E-state index contributed by atoms with van der Waals surface area (Å²) < 4.78 is 27.1. The van der Waals surface area contributed by atoms with Crippen molar-refractivity contribution in [3.8, 4) is 0 Å². The Morgan fingerprint density at radius 1 is 1.04 bits per heavy atom. The molecule has 1 saturated heterocycles. The number of aryl methyl sites for hydroxylation is 1. The summed E-state index contributed by atoms with van der Waals surface area (Å²) in [5.74, 6) is 1.64. The maximum atomic E-state index is 12.8. The van der Waals surface area contributed by atoms with E-state index >= 15 is 0 Å². The van der Waals surface area contributed by atoms with E-state index in [1.54, 1.807) is 10.4 Å². The SMILES string of the molecule is CCc1ncc2c(n1)CN(c1ccc(S(=O)(=O)N3CCCCC3)cn1)CC2. The summed E-state index contributed by atoms with van der Waals surface area (Å²) in [5, 5.41) is 0. The summed E-state index contributed by atoms with van der Waals surface area (Å²) >= 11 is 0. The van der Waals surface area contributed by atoms with Crippen LogP contribution >= 0.6 is 0 Å². The summed E-state index contributed by atoms with van der Waals surface area (Å²) in [4.78, 5) is 15.9. The van der Waals surface area contributed by atoms with E-state index in [9.17, 15) is 8.42 Å². The third-order valence-electron chi connectivity index (χ3n) is 5.31. The highest BCUT2D eigenvalue weighted by molar-refractivity contribution is 7.89. The summed E-state index contributed by atoms with van der Waals surface area (Å²) in [6, 6.07) is 3.49. The van der Waals surface area contributed by atoms with Crippen molar-refractivity contribution in [2.24, 2.45) is 0 Å². The average Bonchev–Trinajstić information content (AvgIpc) is 2.73. The van der Waals surface area contributed by atoms with Gasteiger partial charge in [-0.1, -0.05) is 13.3 Å². The molecule has 0 saturated carbocycles. The lowest BCUT2D eigenvalue weighted by Gasteiger charge is -2.29. The van der Waals surface area contributed by atoms with Gasteiger partial charge in [-0.3, -0.25) is 0 Å². The van der Waals surface area contributed by atoms with Gasteiger partial charge in [0.15, 0.2) is 0 Å². The van der Waals surface area contributed by atoms with Crippen LogP contribution in [-0.2, 0) is 29.4 Å². The molecule has 0 aliphatic carbocycles. The highest BCUT2D eigenvalue weighted by Gasteiger charge is 2.27. The van der Waals surface area contributed by atoms with Crippen molar-refractivity contribution in [1.29, 1.82) is 0 Å². The molecule has 2 aromatic rings. The predicted molar refractivity (Wildman–Crippen MR) is 103 cm³/mol. The van der Waals surface area contributed by atoms with Gasteiger partial charge in [0.2, 0.25) is 10.0 Å². The summed E-state index contributed by atoms with van der Waals surface area (Å²) in [5.41, 5.74) is 2.23. The first-order valence-electron chi connectivity index (χ1n) is 9.63. The molecule has 8 heteroatoms. The predicted octanol–water partition coefficient (Wildman–Crippen LogP) is 2.17. The van der Waals surface area contributed by atoms with Crippen molar-refractivity contribution in [3.05, 3.63) is 41.6 Å². The van der Waals surface area contributed by atoms with Gasteiger partial charge in [-0.05, 0) is 37.0 Å². The number of aromatic nitrogens is 3. The van der Waals surface area contributed by atoms with Crippen LogP contribution in [0.25, 0.3) is 0 Å². The van der Waals surface area contributed by atoms with Crippen molar-refractivity contribution < 1.29 is 8.42 Å². The molecule has 0 atom stereocenters. The Kier molecular flexibility index (Phi) is 5.10. The van der Waals surface area contributed by atoms with Crippen molar-refractivity contribution in [2.45, 2.75) is 50.5 Å². The van der Waals surface area contributed by atoms with Gasteiger partial charge in [-0.2, -0.15) is 4.31 Å². The largest absolute Gasteiger partial charge is 0.350 e. The number of piperidine rings is 1. The number of sulfonamides is 1. The van der Waals surface area contributed by atoms with Crippen molar-refractivity contribution in [2.75, 3.05) is 24.5 Å². The fourth-order valence-corrected chi connectivity index (χ4v) is 5.14. The summed E-state index contributed by atoms with van der Waals surface area (Å²) in [6.45, 7) is 4.76. The molecule has 144 valence electrons. The molecule has 0 radical (unpaired) electrons. The Morgan fingerprint density at radius 2 is 1.85 bits per heavy atom. The van der Waals surface area contributed by atoms with Crippen LogP contribution < -0.4 is 4.90 Å². The van der Waals surface area contributed by atoms with E-state index in [0.717, 1.165) is 56.0 Å². The lowest BCUT2D eigenvalue weighted by molar-refractivity contribution is 0.346. The molecule has 2 aliphatic heterocycles. The smallest absolute Gasteiger partial charge is 0.244 e. The van der Waals surface area contributed by atoms with Crippen LogP contribution in [0.4, 0.5) is 5.82 Å². The summed E-state index contributed by atoms with van der Waals surface area (Å²) in [6.07, 6.45) is 8.07. The Hall–Kier alpha value is -2.06. The van der Waals surface area contributed by atoms with Gasteiger partial charge in [0.25, 0.3) is 0 Å². The Balaban J connectivity index is 1.52. The van der Waals surface area contributed by atoms with Gasteiger partial charge in [-0.15, -0.1) is 0 Å². The Labute approximate surface area is 160 Å². The molecule has 27 heavy (non-hydrogen) atoms. The van der Waals surface area contributed by atoms with Crippen LogP contribution in [-0.4, -0.2) is 47.3 Å². The minimum absolute atomic E-state index is 0.279. The topological polar surface area (TPSA) is 79.3 Å². The third-order valence-corrected chi connectivity index (χ3v) is 7.19. The molecule has 0 N–H and O–H groups in total. The molecule has 2 aromatic heterocycles. The summed E-state index contributed by atoms with van der Waals surface area (Å²) in [7, 11) is -3.44. The Bertz CT molecular complexity index is 908. The quantitative estimate of drug-likeness (QED) is 0.800. The van der Waals surface area contributed by atoms with Crippen LogP contribution in [0.15, 0.2) is 29.4 Å². The number of rotatable bonds is 4. The maximum Gasteiger partial charge on any atom is 0.244 e. The van der Waals surface area contributed by atoms with Crippen molar-refractivity contribution in [1.82, 2.24) is 19.3 Å². The number of fused-ring (bicyclic) bond motifs is 1. The van der Waals surface area contributed by atoms with Crippen molar-refractivity contribution in [3.63, 3.8) is 0 Å². The molecule has 4 rings (SSSR count). The lowest BCUT2D eigenvalue weighted by Crippen LogP contribution is -2.36. The van der Waals surface area contributed by atoms with Gasteiger partial charge in [0.1, 0.15) is 16.5 Å². The van der Waals surface area contributed by atoms with E-state index in [1.807, 2.05) is 19.2 Å². The van der Waals surface area contributed by atoms with Crippen LogP contribution in [0.3, 0.4) is 0 Å². The van der Waals surface area contributed by atoms with E-state index in [1.165, 1.54) is 11.8 Å².